The van der Waals surface area contributed by atoms with Crippen LogP contribution in [0.1, 0.15) is 17.3 Å². The molecule has 220 valence electrons. The summed E-state index contributed by atoms with van der Waals surface area (Å²) in [5, 5.41) is 80.6. The van der Waals surface area contributed by atoms with Crippen molar-refractivity contribution in [2.75, 3.05) is 0 Å². The van der Waals surface area contributed by atoms with Gasteiger partial charge < -0.3 is 59.5 Å². The molecule has 4 aromatic rings. The number of phenolic OH excluding ortho intramolecular Hbond substituents is 6. The van der Waals surface area contributed by atoms with Gasteiger partial charge in [0.2, 0.25) is 17.5 Å². The van der Waals surface area contributed by atoms with Gasteiger partial charge in [0.25, 0.3) is 0 Å². The van der Waals surface area contributed by atoms with Gasteiger partial charge in [0.15, 0.2) is 29.1 Å². The van der Waals surface area contributed by atoms with Gasteiger partial charge in [-0.3, -0.25) is 4.79 Å². The summed E-state index contributed by atoms with van der Waals surface area (Å²) in [6.45, 7) is 1.37. The molecule has 0 amide bonds. The SMILES string of the molecule is C[C@@H]1O[C@@H](Oc2c(-c3cc(O)c(O)c(O)c3)oc3cc(O)cc(O)c3c2=O)[C@@H](OC(=O)c2ccc(O)cc2)[C@@H](O)[C@H]1O. The van der Waals surface area contributed by atoms with Crippen molar-refractivity contribution < 1.29 is 64.3 Å². The van der Waals surface area contributed by atoms with Crippen molar-refractivity contribution in [1.82, 2.24) is 0 Å². The molecule has 0 unspecified atom stereocenters. The van der Waals surface area contributed by atoms with Crippen LogP contribution in [0, 0.1) is 0 Å². The third-order valence-electron chi connectivity index (χ3n) is 6.61. The quantitative estimate of drug-likeness (QED) is 0.123. The Morgan fingerprint density at radius 1 is 0.833 bits per heavy atom. The van der Waals surface area contributed by atoms with E-state index >= 15 is 0 Å². The molecule has 14 heteroatoms. The van der Waals surface area contributed by atoms with Crippen LogP contribution < -0.4 is 10.2 Å². The monoisotopic (exact) mass is 584 g/mol. The first kappa shape index (κ1) is 28.4. The highest BCUT2D eigenvalue weighted by molar-refractivity contribution is 5.90. The number of phenols is 6. The molecule has 0 radical (unpaired) electrons. The number of esters is 1. The Hall–Kier alpha value is -5.18. The molecule has 0 spiro atoms. The van der Waals surface area contributed by atoms with Crippen LogP contribution in [0.3, 0.4) is 0 Å². The molecular formula is C28H24O14. The first-order valence-corrected chi connectivity index (χ1v) is 12.3. The normalized spacial score (nSPS) is 22.1. The molecule has 1 saturated heterocycles. The molecule has 1 aromatic heterocycles. The third kappa shape index (κ3) is 5.05. The molecule has 42 heavy (non-hydrogen) atoms. The Balaban J connectivity index is 1.64. The first-order valence-electron chi connectivity index (χ1n) is 12.3. The van der Waals surface area contributed by atoms with Crippen LogP contribution in [0.5, 0.6) is 40.2 Å². The van der Waals surface area contributed by atoms with Crippen molar-refractivity contribution >= 4 is 16.9 Å². The molecule has 8 N–H and O–H groups in total. The van der Waals surface area contributed by atoms with E-state index in [1.807, 2.05) is 0 Å². The summed E-state index contributed by atoms with van der Waals surface area (Å²) >= 11 is 0. The van der Waals surface area contributed by atoms with Crippen molar-refractivity contribution in [3.05, 3.63) is 64.3 Å². The second kappa shape index (κ2) is 10.7. The van der Waals surface area contributed by atoms with Gasteiger partial charge in [0, 0.05) is 17.7 Å². The fraction of sp³-hybridized carbons (Fsp3) is 0.214. The lowest BCUT2D eigenvalue weighted by molar-refractivity contribution is -0.267. The summed E-state index contributed by atoms with van der Waals surface area (Å²) < 4.78 is 22.6. The second-order valence-corrected chi connectivity index (χ2v) is 9.52. The molecule has 2 heterocycles. The van der Waals surface area contributed by atoms with E-state index in [2.05, 4.69) is 0 Å². The topological polar surface area (TPSA) is 237 Å². The summed E-state index contributed by atoms with van der Waals surface area (Å²) in [5.74, 6) is -6.01. The number of fused-ring (bicyclic) bond motifs is 1. The number of aliphatic hydroxyl groups is 2. The van der Waals surface area contributed by atoms with Gasteiger partial charge in [0.1, 0.15) is 40.4 Å². The standard InChI is InChI=1S/C28H24O14/c1-10-20(34)23(37)26(41-27(38)11-2-4-13(29)5-3-11)28(39-10)42-25-22(36)19-15(31)8-14(30)9-18(19)40-24(25)12-6-16(32)21(35)17(33)7-12/h2-10,20,23,26,28-35,37H,1H3/t10-,20-,23-,26-,28-/m0/s1. The Bertz CT molecular complexity index is 1700. The fourth-order valence-corrected chi connectivity index (χ4v) is 4.43. The van der Waals surface area contributed by atoms with Crippen molar-refractivity contribution in [1.29, 1.82) is 0 Å². The van der Waals surface area contributed by atoms with Crippen LogP contribution in [0.2, 0.25) is 0 Å². The zero-order valence-electron chi connectivity index (χ0n) is 21.5. The van der Waals surface area contributed by atoms with Gasteiger partial charge in [-0.1, -0.05) is 0 Å². The largest absolute Gasteiger partial charge is 0.508 e. The molecule has 1 aliphatic rings. The number of aromatic hydroxyl groups is 6. The van der Waals surface area contributed by atoms with Crippen molar-refractivity contribution in [3.63, 3.8) is 0 Å². The zero-order valence-corrected chi connectivity index (χ0v) is 21.5. The number of aliphatic hydroxyl groups excluding tert-OH is 2. The van der Waals surface area contributed by atoms with Gasteiger partial charge >= 0.3 is 5.97 Å². The van der Waals surface area contributed by atoms with Gasteiger partial charge in [-0.05, 0) is 43.3 Å². The summed E-state index contributed by atoms with van der Waals surface area (Å²) in [7, 11) is 0. The highest BCUT2D eigenvalue weighted by Crippen LogP contribution is 2.43. The number of carbonyl (C=O) groups excluding carboxylic acids is 1. The predicted molar refractivity (Wildman–Crippen MR) is 141 cm³/mol. The summed E-state index contributed by atoms with van der Waals surface area (Å²) in [5.41, 5.74) is -1.65. The maximum atomic E-state index is 13.7. The molecule has 3 aromatic carbocycles. The summed E-state index contributed by atoms with van der Waals surface area (Å²) in [6, 6.07) is 8.61. The molecule has 0 aliphatic carbocycles. The van der Waals surface area contributed by atoms with Crippen LogP contribution in [0.4, 0.5) is 0 Å². The maximum absolute atomic E-state index is 13.7. The molecule has 1 fully saturated rings. The Morgan fingerprint density at radius 2 is 1.48 bits per heavy atom. The van der Waals surface area contributed by atoms with E-state index < -0.39 is 87.7 Å². The lowest BCUT2D eigenvalue weighted by Crippen LogP contribution is -2.60. The molecule has 5 atom stereocenters. The predicted octanol–water partition coefficient (Wildman–Crippen LogP) is 1.76. The summed E-state index contributed by atoms with van der Waals surface area (Å²) in [6.07, 6.45) is -8.00. The minimum atomic E-state index is -1.79. The van der Waals surface area contributed by atoms with E-state index in [1.165, 1.54) is 31.2 Å². The first-order chi connectivity index (χ1) is 19.8. The van der Waals surface area contributed by atoms with Gasteiger partial charge in [0.05, 0.1) is 11.7 Å². The van der Waals surface area contributed by atoms with Crippen LogP contribution in [0.25, 0.3) is 22.3 Å². The van der Waals surface area contributed by atoms with Crippen molar-refractivity contribution in [2.24, 2.45) is 0 Å². The lowest BCUT2D eigenvalue weighted by atomic mass is 9.99. The number of rotatable bonds is 5. The lowest BCUT2D eigenvalue weighted by Gasteiger charge is -2.40. The van der Waals surface area contributed by atoms with Gasteiger partial charge in [-0.2, -0.15) is 0 Å². The van der Waals surface area contributed by atoms with Gasteiger partial charge in [-0.25, -0.2) is 4.79 Å². The highest BCUT2D eigenvalue weighted by atomic mass is 16.7. The number of hydrogen-bond donors (Lipinski definition) is 8. The van der Waals surface area contributed by atoms with E-state index in [4.69, 9.17) is 18.6 Å². The fourth-order valence-electron chi connectivity index (χ4n) is 4.43. The van der Waals surface area contributed by atoms with Crippen LogP contribution in [-0.4, -0.2) is 77.5 Å². The molecule has 0 saturated carbocycles. The van der Waals surface area contributed by atoms with E-state index in [0.29, 0.717) is 0 Å². The van der Waals surface area contributed by atoms with E-state index in [9.17, 15) is 50.4 Å². The molecule has 5 rings (SSSR count). The molecule has 1 aliphatic heterocycles. The van der Waals surface area contributed by atoms with Crippen LogP contribution in [0.15, 0.2) is 57.7 Å². The van der Waals surface area contributed by atoms with E-state index in [1.54, 1.807) is 0 Å². The van der Waals surface area contributed by atoms with Crippen LogP contribution >= 0.6 is 0 Å². The van der Waals surface area contributed by atoms with Crippen molar-refractivity contribution in [2.45, 2.75) is 37.6 Å². The van der Waals surface area contributed by atoms with E-state index in [-0.39, 0.29) is 22.5 Å². The minimum Gasteiger partial charge on any atom is -0.508 e. The number of hydrogen-bond acceptors (Lipinski definition) is 14. The Kier molecular flexibility index (Phi) is 7.20. The molecule has 0 bridgehead atoms. The zero-order chi connectivity index (χ0) is 30.5. The minimum absolute atomic E-state index is 0.0439. The Labute approximate surface area is 235 Å². The van der Waals surface area contributed by atoms with Crippen molar-refractivity contribution in [3.8, 4) is 51.6 Å². The number of ether oxygens (including phenoxy) is 3. The highest BCUT2D eigenvalue weighted by Gasteiger charge is 2.47. The smallest absolute Gasteiger partial charge is 0.338 e. The molecular weight excluding hydrogens is 560 g/mol. The second-order valence-electron chi connectivity index (χ2n) is 9.52. The van der Waals surface area contributed by atoms with E-state index in [0.717, 1.165) is 24.3 Å². The summed E-state index contributed by atoms with van der Waals surface area (Å²) in [4.78, 5) is 26.5. The maximum Gasteiger partial charge on any atom is 0.338 e. The average Bonchev–Trinajstić information content (AvgIpc) is 2.93. The van der Waals surface area contributed by atoms with Gasteiger partial charge in [-0.15, -0.1) is 0 Å². The van der Waals surface area contributed by atoms with Crippen LogP contribution in [-0.2, 0) is 9.47 Å². The number of benzene rings is 3. The number of carbonyl (C=O) groups is 1. The molecule has 14 nitrogen and oxygen atoms in total. The third-order valence-corrected chi connectivity index (χ3v) is 6.61. The Morgan fingerprint density at radius 3 is 2.12 bits per heavy atom. The average molecular weight is 584 g/mol.